The fourth-order valence-electron chi connectivity index (χ4n) is 3.47. The molecule has 15 heteroatoms. The summed E-state index contributed by atoms with van der Waals surface area (Å²) in [6.07, 6.45) is -5.79. The second-order valence-corrected chi connectivity index (χ2v) is 8.40. The number of rotatable bonds is 8. The summed E-state index contributed by atoms with van der Waals surface area (Å²) in [5, 5.41) is 18.7. The lowest BCUT2D eigenvalue weighted by Crippen LogP contribution is -2.28. The molecule has 0 unspecified atom stereocenters. The third-order valence-corrected chi connectivity index (χ3v) is 5.35. The van der Waals surface area contributed by atoms with Crippen molar-refractivity contribution in [3.8, 4) is 17.1 Å². The number of hydrogen-bond acceptors (Lipinski definition) is 6. The number of urea groups is 1. The van der Waals surface area contributed by atoms with Gasteiger partial charge in [0.05, 0.1) is 23.5 Å². The molecular weight excluding hydrogens is 513 g/mol. The predicted octanol–water partition coefficient (Wildman–Crippen LogP) is 5.09. The lowest BCUT2D eigenvalue weighted by atomic mass is 10.0. The van der Waals surface area contributed by atoms with Crippen LogP contribution in [0.15, 0.2) is 18.2 Å². The van der Waals surface area contributed by atoms with E-state index >= 15 is 0 Å². The van der Waals surface area contributed by atoms with Gasteiger partial charge >= 0.3 is 12.2 Å². The van der Waals surface area contributed by atoms with Crippen molar-refractivity contribution in [1.29, 1.82) is 0 Å². The molecule has 0 atom stereocenters. The van der Waals surface area contributed by atoms with Crippen molar-refractivity contribution in [2.75, 3.05) is 11.9 Å². The first-order chi connectivity index (χ1) is 17.0. The van der Waals surface area contributed by atoms with Crippen LogP contribution in [0.4, 0.5) is 32.4 Å². The normalized spacial score (nSPS) is 13.7. The molecule has 0 bridgehead atoms. The number of aromatic amines is 1. The number of anilines is 1. The molecule has 3 aromatic rings. The van der Waals surface area contributed by atoms with Crippen LogP contribution in [-0.2, 0) is 12.7 Å². The van der Waals surface area contributed by atoms with Crippen LogP contribution in [0.3, 0.4) is 0 Å². The van der Waals surface area contributed by atoms with Gasteiger partial charge in [-0.2, -0.15) is 23.4 Å². The van der Waals surface area contributed by atoms with Crippen LogP contribution in [0, 0.1) is 6.92 Å². The fraction of sp³-hybridized carbons (Fsp3) is 0.381. The van der Waals surface area contributed by atoms with Gasteiger partial charge in [-0.1, -0.05) is 11.6 Å². The minimum Gasteiger partial charge on any atom is -0.471 e. The van der Waals surface area contributed by atoms with E-state index in [4.69, 9.17) is 16.3 Å². The van der Waals surface area contributed by atoms with E-state index in [1.165, 1.54) is 19.1 Å². The molecule has 1 fully saturated rings. The molecule has 0 aliphatic heterocycles. The Hall–Kier alpha value is -3.55. The predicted molar refractivity (Wildman–Crippen MR) is 118 cm³/mol. The zero-order chi connectivity index (χ0) is 26.0. The number of aryl methyl sites for hydroxylation is 1. The Labute approximate surface area is 205 Å². The summed E-state index contributed by atoms with van der Waals surface area (Å²) in [6, 6.07) is 3.45. The molecule has 2 amide bonds. The van der Waals surface area contributed by atoms with Gasteiger partial charge in [-0.15, -0.1) is 5.10 Å². The molecule has 3 heterocycles. The van der Waals surface area contributed by atoms with Crippen LogP contribution >= 0.6 is 11.6 Å². The number of hydrogen-bond donors (Lipinski definition) is 3. The zero-order valence-electron chi connectivity index (χ0n) is 18.6. The minimum atomic E-state index is -4.67. The van der Waals surface area contributed by atoms with E-state index in [9.17, 15) is 26.7 Å². The highest BCUT2D eigenvalue weighted by atomic mass is 35.5. The van der Waals surface area contributed by atoms with Crippen LogP contribution in [0.1, 0.15) is 41.4 Å². The Morgan fingerprint density at radius 3 is 2.67 bits per heavy atom. The number of nitrogens with zero attached hydrogens (tertiary/aromatic N) is 4. The molecule has 9 nitrogen and oxygen atoms in total. The number of pyridine rings is 1. The Morgan fingerprint density at radius 1 is 1.25 bits per heavy atom. The highest BCUT2D eigenvalue weighted by molar-refractivity contribution is 6.29. The third-order valence-electron chi connectivity index (χ3n) is 5.16. The highest BCUT2D eigenvalue weighted by Crippen LogP contribution is 2.46. The molecule has 36 heavy (non-hydrogen) atoms. The van der Waals surface area contributed by atoms with Crippen LogP contribution in [0.25, 0.3) is 11.3 Å². The van der Waals surface area contributed by atoms with Gasteiger partial charge in [0, 0.05) is 11.8 Å². The molecule has 3 N–H and O–H groups in total. The molecule has 1 aliphatic rings. The smallest absolute Gasteiger partial charge is 0.435 e. The van der Waals surface area contributed by atoms with Crippen LogP contribution in [-0.4, -0.2) is 44.4 Å². The van der Waals surface area contributed by atoms with Gasteiger partial charge < -0.3 is 15.4 Å². The Kier molecular flexibility index (Phi) is 7.24. The van der Waals surface area contributed by atoms with E-state index < -0.39 is 30.9 Å². The number of carbonyl (C=O) groups is 1. The van der Waals surface area contributed by atoms with Gasteiger partial charge in [-0.3, -0.25) is 5.10 Å². The monoisotopic (exact) mass is 531 g/mol. The average molecular weight is 532 g/mol. The van der Waals surface area contributed by atoms with Gasteiger partial charge in [0.1, 0.15) is 10.8 Å². The molecule has 3 aromatic heterocycles. The van der Waals surface area contributed by atoms with Crippen molar-refractivity contribution in [3.05, 3.63) is 46.0 Å². The van der Waals surface area contributed by atoms with Crippen molar-refractivity contribution in [2.45, 2.75) is 44.8 Å². The van der Waals surface area contributed by atoms with Gasteiger partial charge in [-0.05, 0) is 43.4 Å². The maximum atomic E-state index is 13.5. The minimum absolute atomic E-state index is 0.0316. The molecular formula is C21H19ClF5N7O2. The molecule has 1 aliphatic carbocycles. The molecule has 0 aromatic carbocycles. The molecule has 1 saturated carbocycles. The number of aromatic nitrogens is 5. The summed E-state index contributed by atoms with van der Waals surface area (Å²) in [5.74, 6) is -0.162. The second kappa shape index (κ2) is 10.2. The van der Waals surface area contributed by atoms with E-state index in [0.29, 0.717) is 11.3 Å². The van der Waals surface area contributed by atoms with E-state index in [1.807, 2.05) is 0 Å². The quantitative estimate of drug-likeness (QED) is 0.275. The lowest BCUT2D eigenvalue weighted by Gasteiger charge is -2.13. The SMILES string of the molecule is Cc1[nH]nc(C(F)(F)F)c1-c1nnc(CNC(=O)Nc2cc(Cl)nc(OCC(F)F)c2)cc1C1CC1. The number of carbonyl (C=O) groups excluding carboxylic acids is 1. The van der Waals surface area contributed by atoms with E-state index in [0.717, 1.165) is 12.8 Å². The molecule has 0 saturated heterocycles. The first-order valence-corrected chi connectivity index (χ1v) is 11.0. The Morgan fingerprint density at radius 2 is 2.00 bits per heavy atom. The van der Waals surface area contributed by atoms with E-state index in [1.54, 1.807) is 6.07 Å². The van der Waals surface area contributed by atoms with Gasteiger partial charge in [-0.25, -0.2) is 18.6 Å². The first kappa shape index (κ1) is 25.5. The molecule has 0 spiro atoms. The van der Waals surface area contributed by atoms with Crippen LogP contribution in [0.5, 0.6) is 5.88 Å². The van der Waals surface area contributed by atoms with Crippen molar-refractivity contribution in [1.82, 2.24) is 30.7 Å². The van der Waals surface area contributed by atoms with E-state index in [-0.39, 0.29) is 46.1 Å². The molecule has 0 radical (unpaired) electrons. The summed E-state index contributed by atoms with van der Waals surface area (Å²) in [6.45, 7) is 0.508. The van der Waals surface area contributed by atoms with Crippen LogP contribution in [0.2, 0.25) is 5.15 Å². The van der Waals surface area contributed by atoms with Gasteiger partial charge in [0.2, 0.25) is 5.88 Å². The van der Waals surface area contributed by atoms with Gasteiger partial charge in [0.15, 0.2) is 12.3 Å². The van der Waals surface area contributed by atoms with E-state index in [2.05, 4.69) is 36.0 Å². The number of ether oxygens (including phenoxy) is 1. The Balaban J connectivity index is 1.47. The molecule has 192 valence electrons. The lowest BCUT2D eigenvalue weighted by molar-refractivity contribution is -0.140. The van der Waals surface area contributed by atoms with Crippen molar-refractivity contribution in [2.24, 2.45) is 0 Å². The maximum absolute atomic E-state index is 13.5. The number of H-pyrrole nitrogens is 1. The first-order valence-electron chi connectivity index (χ1n) is 10.6. The summed E-state index contributed by atoms with van der Waals surface area (Å²) < 4.78 is 69.8. The standard InChI is InChI=1S/C21H19ClF5N7O2/c1-9-17(19(34-31-9)21(25,26)27)18-13(10-2-3-10)4-12(32-33-18)7-28-20(35)29-11-5-14(22)30-16(6-11)36-8-15(23)24/h4-6,10,15H,2-3,7-8H2,1H3,(H,31,34)(H2,28,29,30,35). The summed E-state index contributed by atoms with van der Waals surface area (Å²) in [4.78, 5) is 16.1. The second-order valence-electron chi connectivity index (χ2n) is 8.01. The summed E-state index contributed by atoms with van der Waals surface area (Å²) in [5.41, 5.74) is 0.191. The number of amides is 2. The average Bonchev–Trinajstić information content (AvgIpc) is 3.56. The van der Waals surface area contributed by atoms with Crippen LogP contribution < -0.4 is 15.4 Å². The summed E-state index contributed by atoms with van der Waals surface area (Å²) in [7, 11) is 0. The van der Waals surface area contributed by atoms with Crippen molar-refractivity contribution >= 4 is 23.3 Å². The zero-order valence-corrected chi connectivity index (χ0v) is 19.3. The number of alkyl halides is 5. The molecule has 4 rings (SSSR count). The topological polar surface area (TPSA) is 118 Å². The van der Waals surface area contributed by atoms with Gasteiger partial charge in [0.25, 0.3) is 6.43 Å². The van der Waals surface area contributed by atoms with Crippen molar-refractivity contribution in [3.63, 3.8) is 0 Å². The van der Waals surface area contributed by atoms with Crippen molar-refractivity contribution < 1.29 is 31.5 Å². The highest BCUT2D eigenvalue weighted by Gasteiger charge is 2.40. The largest absolute Gasteiger partial charge is 0.471 e. The number of halogens is 6. The number of nitrogens with one attached hydrogen (secondary N) is 3. The Bertz CT molecular complexity index is 1260. The third kappa shape index (κ3) is 6.17. The summed E-state index contributed by atoms with van der Waals surface area (Å²) >= 11 is 5.84. The fourth-order valence-corrected chi connectivity index (χ4v) is 3.67. The maximum Gasteiger partial charge on any atom is 0.435 e.